The van der Waals surface area contributed by atoms with Crippen molar-refractivity contribution >= 4 is 17.5 Å². The maximum absolute atomic E-state index is 12.4. The lowest BCUT2D eigenvalue weighted by Crippen LogP contribution is -2.40. The molecule has 10 heteroatoms. The Morgan fingerprint density at radius 1 is 0.976 bits per heavy atom. The predicted octanol–water partition coefficient (Wildman–Crippen LogP) is 5.55. The maximum atomic E-state index is 12.4. The van der Waals surface area contributed by atoms with E-state index in [4.69, 9.17) is 23.7 Å². The molecule has 0 radical (unpaired) electrons. The van der Waals surface area contributed by atoms with Crippen LogP contribution in [0.5, 0.6) is 17.5 Å². The zero-order valence-electron chi connectivity index (χ0n) is 23.9. The van der Waals surface area contributed by atoms with Gasteiger partial charge < -0.3 is 33.9 Å². The molecule has 1 amide bonds. The van der Waals surface area contributed by atoms with Crippen LogP contribution in [0.25, 0.3) is 0 Å². The number of fused-ring (bicyclic) bond motifs is 1. The molecule has 0 aliphatic carbocycles. The molecule has 218 valence electrons. The van der Waals surface area contributed by atoms with Gasteiger partial charge in [0.15, 0.2) is 0 Å². The lowest BCUT2D eigenvalue weighted by Gasteiger charge is -2.31. The van der Waals surface area contributed by atoms with E-state index < -0.39 is 5.60 Å². The van der Waals surface area contributed by atoms with E-state index in [-0.39, 0.29) is 12.1 Å². The number of hydrogen-bond donors (Lipinski definition) is 1. The normalized spacial score (nSPS) is 12.7. The van der Waals surface area contributed by atoms with Crippen molar-refractivity contribution in [2.75, 3.05) is 44.9 Å². The topological polar surface area (TPSA) is 104 Å². The maximum Gasteiger partial charge on any atom is 0.410 e. The molecule has 1 aliphatic heterocycles. The van der Waals surface area contributed by atoms with Crippen molar-refractivity contribution in [3.63, 3.8) is 0 Å². The van der Waals surface area contributed by atoms with E-state index in [1.54, 1.807) is 23.4 Å². The first-order valence-corrected chi connectivity index (χ1v) is 13.7. The number of ether oxygens (including phenoxy) is 5. The minimum absolute atomic E-state index is 0.278. The van der Waals surface area contributed by atoms with Crippen LogP contribution in [-0.2, 0) is 22.4 Å². The number of rotatable bonds is 13. The molecular weight excluding hydrogens is 524 g/mol. The van der Waals surface area contributed by atoms with Crippen LogP contribution >= 0.6 is 0 Å². The quantitative estimate of drug-likeness (QED) is 0.212. The second kappa shape index (κ2) is 14.4. The van der Waals surface area contributed by atoms with Crippen molar-refractivity contribution in [1.82, 2.24) is 14.9 Å². The smallest absolute Gasteiger partial charge is 0.410 e. The summed E-state index contributed by atoms with van der Waals surface area (Å²) in [5.41, 5.74) is 3.31. The molecule has 2 heterocycles. The highest BCUT2D eigenvalue weighted by molar-refractivity contribution is 5.69. The third-order valence-corrected chi connectivity index (χ3v) is 5.96. The summed E-state index contributed by atoms with van der Waals surface area (Å²) in [4.78, 5) is 22.6. The fraction of sp³-hybridized carbons (Fsp3) is 0.387. The molecule has 3 aromatic rings. The number of nitrogens with one attached hydrogen (secondary N) is 1. The monoisotopic (exact) mass is 562 g/mol. The Hall–Kier alpha value is -4.31. The number of benzene rings is 2. The van der Waals surface area contributed by atoms with Crippen LogP contribution in [0.15, 0.2) is 67.5 Å². The Balaban J connectivity index is 1.12. The van der Waals surface area contributed by atoms with Gasteiger partial charge in [0.05, 0.1) is 31.3 Å². The lowest BCUT2D eigenvalue weighted by molar-refractivity contribution is 0.0222. The minimum atomic E-state index is -0.516. The van der Waals surface area contributed by atoms with Crippen LogP contribution in [0, 0.1) is 0 Å². The van der Waals surface area contributed by atoms with Crippen LogP contribution < -0.4 is 19.5 Å². The molecule has 4 rings (SSSR count). The Kier molecular flexibility index (Phi) is 10.4. The number of hydrogen-bond acceptors (Lipinski definition) is 9. The van der Waals surface area contributed by atoms with E-state index in [1.165, 1.54) is 0 Å². The molecule has 1 aliphatic rings. The number of anilines is 2. The van der Waals surface area contributed by atoms with E-state index in [0.29, 0.717) is 52.5 Å². The summed E-state index contributed by atoms with van der Waals surface area (Å²) in [6.07, 6.45) is 5.44. The van der Waals surface area contributed by atoms with Crippen LogP contribution in [0.2, 0.25) is 0 Å². The Labute approximate surface area is 241 Å². The SMILES string of the molecule is C=CCOc1ccc(Nc2cnc(OCCOCCOc3cccc4c3CCN(C(=O)OC(C)(C)C)C4)nc2)cc1. The largest absolute Gasteiger partial charge is 0.491 e. The Bertz CT molecular complexity index is 1280. The van der Waals surface area contributed by atoms with Gasteiger partial charge in [-0.1, -0.05) is 24.8 Å². The molecule has 0 saturated carbocycles. The van der Waals surface area contributed by atoms with Crippen molar-refractivity contribution in [2.24, 2.45) is 0 Å². The average Bonchev–Trinajstić information content (AvgIpc) is 2.96. The van der Waals surface area contributed by atoms with Gasteiger partial charge in [0, 0.05) is 24.3 Å². The van der Waals surface area contributed by atoms with Gasteiger partial charge in [-0.15, -0.1) is 0 Å². The van der Waals surface area contributed by atoms with E-state index in [9.17, 15) is 4.79 Å². The minimum Gasteiger partial charge on any atom is -0.491 e. The van der Waals surface area contributed by atoms with Crippen molar-refractivity contribution < 1.29 is 28.5 Å². The number of carbonyl (C=O) groups is 1. The average molecular weight is 563 g/mol. The van der Waals surface area contributed by atoms with E-state index in [1.807, 2.05) is 63.2 Å². The van der Waals surface area contributed by atoms with Crippen LogP contribution in [0.3, 0.4) is 0 Å². The highest BCUT2D eigenvalue weighted by Gasteiger charge is 2.27. The first-order valence-electron chi connectivity index (χ1n) is 13.7. The molecule has 0 saturated heterocycles. The number of nitrogens with zero attached hydrogens (tertiary/aromatic N) is 3. The summed E-state index contributed by atoms with van der Waals surface area (Å²) >= 11 is 0. The van der Waals surface area contributed by atoms with Gasteiger partial charge in [-0.05, 0) is 63.1 Å². The highest BCUT2D eigenvalue weighted by Crippen LogP contribution is 2.29. The van der Waals surface area contributed by atoms with Crippen LogP contribution in [0.1, 0.15) is 31.9 Å². The molecule has 0 fully saturated rings. The fourth-order valence-corrected chi connectivity index (χ4v) is 4.11. The van der Waals surface area contributed by atoms with Gasteiger partial charge >= 0.3 is 12.1 Å². The molecule has 1 N–H and O–H groups in total. The summed E-state index contributed by atoms with van der Waals surface area (Å²) in [7, 11) is 0. The summed E-state index contributed by atoms with van der Waals surface area (Å²) in [5.74, 6) is 1.60. The second-order valence-electron chi connectivity index (χ2n) is 10.4. The molecule has 0 spiro atoms. The molecule has 0 bridgehead atoms. The summed E-state index contributed by atoms with van der Waals surface area (Å²) in [5, 5.41) is 3.23. The van der Waals surface area contributed by atoms with Crippen molar-refractivity contribution in [3.8, 4) is 17.5 Å². The van der Waals surface area contributed by atoms with Gasteiger partial charge in [-0.2, -0.15) is 0 Å². The fourth-order valence-electron chi connectivity index (χ4n) is 4.11. The second-order valence-corrected chi connectivity index (χ2v) is 10.4. The van der Waals surface area contributed by atoms with Crippen molar-refractivity contribution in [1.29, 1.82) is 0 Å². The number of amides is 1. The summed E-state index contributed by atoms with van der Waals surface area (Å²) in [6, 6.07) is 13.8. The first-order chi connectivity index (χ1) is 19.8. The molecular formula is C31H38N4O6. The first kappa shape index (κ1) is 29.7. The van der Waals surface area contributed by atoms with Gasteiger partial charge in [0.25, 0.3) is 0 Å². The highest BCUT2D eigenvalue weighted by atomic mass is 16.6. The molecule has 0 atom stereocenters. The van der Waals surface area contributed by atoms with Gasteiger partial charge in [-0.25, -0.2) is 14.8 Å². The van der Waals surface area contributed by atoms with Gasteiger partial charge in [0.1, 0.15) is 36.9 Å². The van der Waals surface area contributed by atoms with Crippen LogP contribution in [-0.4, -0.2) is 66.1 Å². The van der Waals surface area contributed by atoms with Gasteiger partial charge in [0.2, 0.25) is 0 Å². The number of aromatic nitrogens is 2. The van der Waals surface area contributed by atoms with Gasteiger partial charge in [-0.3, -0.25) is 0 Å². The Morgan fingerprint density at radius 3 is 2.41 bits per heavy atom. The third kappa shape index (κ3) is 9.39. The molecule has 1 aromatic heterocycles. The van der Waals surface area contributed by atoms with E-state index in [0.717, 1.165) is 34.0 Å². The zero-order chi connectivity index (χ0) is 29.1. The molecule has 41 heavy (non-hydrogen) atoms. The predicted molar refractivity (Wildman–Crippen MR) is 156 cm³/mol. The standard InChI is InChI=1S/C31H38N4O6/c1-5-15-38-26-11-9-24(10-12-26)34-25-20-32-29(33-21-25)40-19-17-37-16-18-39-28-8-6-7-23-22-35(14-13-27(23)28)30(36)41-31(2,3)4/h5-12,20-21,34H,1,13-19,22H2,2-4H3. The molecule has 0 unspecified atom stereocenters. The lowest BCUT2D eigenvalue weighted by atomic mass is 9.99. The third-order valence-electron chi connectivity index (χ3n) is 5.96. The zero-order valence-corrected chi connectivity index (χ0v) is 23.9. The molecule has 2 aromatic carbocycles. The number of carbonyl (C=O) groups excluding carboxylic acids is 1. The molecule has 10 nitrogen and oxygen atoms in total. The summed E-state index contributed by atoms with van der Waals surface area (Å²) < 4.78 is 28.2. The van der Waals surface area contributed by atoms with Crippen molar-refractivity contribution in [3.05, 3.63) is 78.6 Å². The van der Waals surface area contributed by atoms with E-state index in [2.05, 4.69) is 21.9 Å². The Morgan fingerprint density at radius 2 is 1.71 bits per heavy atom. The van der Waals surface area contributed by atoms with Crippen LogP contribution in [0.4, 0.5) is 16.2 Å². The van der Waals surface area contributed by atoms with Crippen molar-refractivity contribution in [2.45, 2.75) is 39.3 Å². The summed E-state index contributed by atoms with van der Waals surface area (Å²) in [6.45, 7) is 12.3. The van der Waals surface area contributed by atoms with E-state index >= 15 is 0 Å².